The van der Waals surface area contributed by atoms with Crippen LogP contribution in [-0.4, -0.2) is 7.11 Å². The van der Waals surface area contributed by atoms with Crippen LogP contribution >= 0.6 is 0 Å². The molecule has 18 heavy (non-hydrogen) atoms. The van der Waals surface area contributed by atoms with E-state index in [9.17, 15) is 13.2 Å². The Kier molecular flexibility index (Phi) is 3.28. The van der Waals surface area contributed by atoms with Gasteiger partial charge in [-0.2, -0.15) is 13.2 Å². The van der Waals surface area contributed by atoms with E-state index in [1.165, 1.54) is 13.2 Å². The Hall–Kier alpha value is -1.97. The average Bonchev–Trinajstić information content (AvgIpc) is 2.38. The van der Waals surface area contributed by atoms with Gasteiger partial charge in [0.05, 0.1) is 12.7 Å². The van der Waals surface area contributed by atoms with Gasteiger partial charge in [0.25, 0.3) is 0 Å². The van der Waals surface area contributed by atoms with Crippen molar-refractivity contribution in [2.24, 2.45) is 0 Å². The first-order valence-electron chi connectivity index (χ1n) is 5.33. The van der Waals surface area contributed by atoms with Crippen molar-refractivity contribution in [2.45, 2.75) is 6.18 Å². The topological polar surface area (TPSA) is 9.23 Å². The summed E-state index contributed by atoms with van der Waals surface area (Å²) < 4.78 is 43.1. The van der Waals surface area contributed by atoms with Gasteiger partial charge in [-0.3, -0.25) is 0 Å². The van der Waals surface area contributed by atoms with Gasteiger partial charge in [0.1, 0.15) is 5.75 Å². The van der Waals surface area contributed by atoms with Crippen LogP contribution in [0.1, 0.15) is 5.56 Å². The van der Waals surface area contributed by atoms with Crippen LogP contribution in [0, 0.1) is 0 Å². The number of hydrogen-bond donors (Lipinski definition) is 0. The first-order valence-corrected chi connectivity index (χ1v) is 5.33. The molecule has 0 atom stereocenters. The SMILES string of the molecule is COc1ccc(C(F)(F)F)cc1-c1ccccc1. The van der Waals surface area contributed by atoms with Gasteiger partial charge in [-0.15, -0.1) is 0 Å². The summed E-state index contributed by atoms with van der Waals surface area (Å²) in [5.41, 5.74) is 0.454. The number of hydrogen-bond acceptors (Lipinski definition) is 1. The summed E-state index contributed by atoms with van der Waals surface area (Å²) >= 11 is 0. The standard InChI is InChI=1S/C14H11F3O/c1-18-13-8-7-11(14(15,16)17)9-12(13)10-5-3-2-4-6-10/h2-9H,1H3. The first-order chi connectivity index (χ1) is 8.52. The van der Waals surface area contributed by atoms with Crippen LogP contribution in [-0.2, 0) is 6.18 Å². The van der Waals surface area contributed by atoms with E-state index in [-0.39, 0.29) is 0 Å². The molecule has 0 amide bonds. The third-order valence-electron chi connectivity index (χ3n) is 2.61. The van der Waals surface area contributed by atoms with Crippen molar-refractivity contribution in [3.8, 4) is 16.9 Å². The Morgan fingerprint density at radius 1 is 0.944 bits per heavy atom. The minimum atomic E-state index is -4.35. The van der Waals surface area contributed by atoms with Gasteiger partial charge < -0.3 is 4.74 Å². The molecule has 0 fully saturated rings. The van der Waals surface area contributed by atoms with Gasteiger partial charge >= 0.3 is 6.18 Å². The Morgan fingerprint density at radius 3 is 2.17 bits per heavy atom. The highest BCUT2D eigenvalue weighted by Gasteiger charge is 2.31. The first kappa shape index (κ1) is 12.5. The minimum Gasteiger partial charge on any atom is -0.496 e. The fourth-order valence-electron chi connectivity index (χ4n) is 1.73. The third kappa shape index (κ3) is 2.47. The second kappa shape index (κ2) is 4.72. The molecule has 0 aliphatic heterocycles. The normalized spacial score (nSPS) is 11.3. The van der Waals surface area contributed by atoms with E-state index in [4.69, 9.17) is 4.74 Å². The molecule has 0 bridgehead atoms. The van der Waals surface area contributed by atoms with E-state index in [0.717, 1.165) is 12.1 Å². The van der Waals surface area contributed by atoms with Crippen molar-refractivity contribution in [1.82, 2.24) is 0 Å². The molecule has 0 N–H and O–H groups in total. The van der Waals surface area contributed by atoms with E-state index in [1.807, 2.05) is 6.07 Å². The molecule has 1 nitrogen and oxygen atoms in total. The van der Waals surface area contributed by atoms with Crippen molar-refractivity contribution in [2.75, 3.05) is 7.11 Å². The van der Waals surface area contributed by atoms with E-state index in [0.29, 0.717) is 16.9 Å². The smallest absolute Gasteiger partial charge is 0.416 e. The second-order valence-corrected chi connectivity index (χ2v) is 3.78. The van der Waals surface area contributed by atoms with Gasteiger partial charge in [-0.05, 0) is 23.8 Å². The molecule has 0 unspecified atom stereocenters. The predicted molar refractivity (Wildman–Crippen MR) is 63.4 cm³/mol. The maximum Gasteiger partial charge on any atom is 0.416 e. The van der Waals surface area contributed by atoms with Crippen molar-refractivity contribution >= 4 is 0 Å². The summed E-state index contributed by atoms with van der Waals surface area (Å²) in [6.07, 6.45) is -4.35. The van der Waals surface area contributed by atoms with Gasteiger partial charge in [0, 0.05) is 5.56 Å². The molecule has 0 radical (unpaired) electrons. The van der Waals surface area contributed by atoms with Crippen molar-refractivity contribution in [3.05, 3.63) is 54.1 Å². The lowest BCUT2D eigenvalue weighted by Gasteiger charge is -2.12. The molecule has 0 aromatic heterocycles. The highest BCUT2D eigenvalue weighted by molar-refractivity contribution is 5.71. The van der Waals surface area contributed by atoms with E-state index >= 15 is 0 Å². The number of methoxy groups -OCH3 is 1. The number of rotatable bonds is 2. The van der Waals surface area contributed by atoms with Crippen LogP contribution in [0.25, 0.3) is 11.1 Å². The maximum absolute atomic E-state index is 12.7. The van der Waals surface area contributed by atoms with Crippen molar-refractivity contribution in [1.29, 1.82) is 0 Å². The molecule has 0 aliphatic carbocycles. The quantitative estimate of drug-likeness (QED) is 0.770. The Morgan fingerprint density at radius 2 is 1.61 bits per heavy atom. The van der Waals surface area contributed by atoms with E-state index < -0.39 is 11.7 Å². The zero-order chi connectivity index (χ0) is 13.2. The lowest BCUT2D eigenvalue weighted by molar-refractivity contribution is -0.137. The number of benzene rings is 2. The Labute approximate surface area is 103 Å². The van der Waals surface area contributed by atoms with E-state index in [2.05, 4.69) is 0 Å². The average molecular weight is 252 g/mol. The van der Waals surface area contributed by atoms with Crippen molar-refractivity contribution in [3.63, 3.8) is 0 Å². The minimum absolute atomic E-state index is 0.425. The molecule has 0 spiro atoms. The van der Waals surface area contributed by atoms with E-state index in [1.54, 1.807) is 24.3 Å². The molecule has 2 aromatic rings. The van der Waals surface area contributed by atoms with Gasteiger partial charge in [-0.1, -0.05) is 30.3 Å². The summed E-state index contributed by atoms with van der Waals surface area (Å²) in [6.45, 7) is 0. The van der Waals surface area contributed by atoms with Crippen LogP contribution in [0.2, 0.25) is 0 Å². The van der Waals surface area contributed by atoms with Crippen LogP contribution < -0.4 is 4.74 Å². The molecule has 0 heterocycles. The van der Waals surface area contributed by atoms with Gasteiger partial charge in [0.2, 0.25) is 0 Å². The fourth-order valence-corrected chi connectivity index (χ4v) is 1.73. The van der Waals surface area contributed by atoms with Crippen LogP contribution in [0.5, 0.6) is 5.75 Å². The zero-order valence-corrected chi connectivity index (χ0v) is 9.66. The van der Waals surface area contributed by atoms with Gasteiger partial charge in [0.15, 0.2) is 0 Å². The van der Waals surface area contributed by atoms with Gasteiger partial charge in [-0.25, -0.2) is 0 Å². The molecule has 0 aliphatic rings. The third-order valence-corrected chi connectivity index (χ3v) is 2.61. The highest BCUT2D eigenvalue weighted by Crippen LogP contribution is 2.36. The highest BCUT2D eigenvalue weighted by atomic mass is 19.4. The molecule has 0 saturated carbocycles. The summed E-state index contributed by atoms with van der Waals surface area (Å²) in [5.74, 6) is 0.425. The summed E-state index contributed by atoms with van der Waals surface area (Å²) in [4.78, 5) is 0. The van der Waals surface area contributed by atoms with Crippen LogP contribution in [0.4, 0.5) is 13.2 Å². The van der Waals surface area contributed by atoms with Crippen molar-refractivity contribution < 1.29 is 17.9 Å². The molecular formula is C14H11F3O. The predicted octanol–water partition coefficient (Wildman–Crippen LogP) is 4.38. The Bertz CT molecular complexity index is 532. The fraction of sp³-hybridized carbons (Fsp3) is 0.143. The molecule has 2 rings (SSSR count). The summed E-state index contributed by atoms with van der Waals surface area (Å²) in [6, 6.07) is 12.3. The summed E-state index contributed by atoms with van der Waals surface area (Å²) in [5, 5.41) is 0. The number of alkyl halides is 3. The van der Waals surface area contributed by atoms with Crippen LogP contribution in [0.3, 0.4) is 0 Å². The second-order valence-electron chi connectivity index (χ2n) is 3.78. The lowest BCUT2D eigenvalue weighted by atomic mass is 10.0. The largest absolute Gasteiger partial charge is 0.496 e. The summed E-state index contributed by atoms with van der Waals surface area (Å²) in [7, 11) is 1.44. The maximum atomic E-state index is 12.7. The molecule has 4 heteroatoms. The Balaban J connectivity index is 2.57. The molecule has 2 aromatic carbocycles. The molecule has 94 valence electrons. The molecular weight excluding hydrogens is 241 g/mol. The van der Waals surface area contributed by atoms with Crippen LogP contribution in [0.15, 0.2) is 48.5 Å². The molecule has 0 saturated heterocycles. The lowest BCUT2D eigenvalue weighted by Crippen LogP contribution is -2.05. The number of ether oxygens (including phenoxy) is 1. The monoisotopic (exact) mass is 252 g/mol. The number of halogens is 3. The zero-order valence-electron chi connectivity index (χ0n) is 9.66.